The summed E-state index contributed by atoms with van der Waals surface area (Å²) in [6.45, 7) is 15.9. The van der Waals surface area contributed by atoms with Gasteiger partial charge in [0.1, 0.15) is 11.2 Å². The number of carbonyl (C=O) groups is 4. The van der Waals surface area contributed by atoms with Gasteiger partial charge in [-0.1, -0.05) is 46.4 Å². The lowest BCUT2D eigenvalue weighted by atomic mass is 10.0. The van der Waals surface area contributed by atoms with E-state index in [1.807, 2.05) is 0 Å². The number of nitrogens with zero attached hydrogens (tertiary/aromatic N) is 4. The standard InChI is InChI=1S/2C22H19Cl2F3N2O3/c1-10-8-12(22(25,26)27)9-14-11(2)29(28-18(10)14)19(30)16-15(23)7-6-13(17(16)24)20(31)32-21(3,4)5;1-10-8-12(22(25,26)27)9-14-11(2)28-29(18(10)14)19(30)16-15(23)7-6-13(17(16)24)20(31)32-21(3,4)5/h2*6-9H,1-5H3. The number of aromatic nitrogens is 4. The second-order valence-electron chi connectivity index (χ2n) is 16.6. The van der Waals surface area contributed by atoms with Crippen LogP contribution in [0, 0.1) is 27.7 Å². The van der Waals surface area contributed by atoms with Crippen molar-refractivity contribution < 1.29 is 55.0 Å². The molecule has 0 saturated heterocycles. The minimum atomic E-state index is -4.55. The number of hydrogen-bond acceptors (Lipinski definition) is 8. The van der Waals surface area contributed by atoms with E-state index >= 15 is 0 Å². The first-order valence-electron chi connectivity index (χ1n) is 18.9. The van der Waals surface area contributed by atoms with Gasteiger partial charge in [0.25, 0.3) is 11.8 Å². The molecule has 20 heteroatoms. The van der Waals surface area contributed by atoms with Crippen molar-refractivity contribution >= 4 is 92.0 Å². The van der Waals surface area contributed by atoms with E-state index < -0.39 is 58.4 Å². The molecule has 0 N–H and O–H groups in total. The molecule has 0 fully saturated rings. The zero-order valence-corrected chi connectivity index (χ0v) is 38.7. The van der Waals surface area contributed by atoms with Gasteiger partial charge in [-0.05, 0) is 129 Å². The highest BCUT2D eigenvalue weighted by molar-refractivity contribution is 6.42. The molecular formula is C44H38Cl4F6N4O6. The number of hydrogen-bond donors (Lipinski definition) is 0. The maximum Gasteiger partial charge on any atom is 0.416 e. The van der Waals surface area contributed by atoms with Crippen LogP contribution in [0.3, 0.4) is 0 Å². The molecule has 0 spiro atoms. The predicted molar refractivity (Wildman–Crippen MR) is 231 cm³/mol. The Morgan fingerprint density at radius 1 is 0.562 bits per heavy atom. The van der Waals surface area contributed by atoms with Gasteiger partial charge in [0.2, 0.25) is 0 Å². The van der Waals surface area contributed by atoms with Gasteiger partial charge in [0.05, 0.1) is 75.9 Å². The zero-order chi connectivity index (χ0) is 48.3. The van der Waals surface area contributed by atoms with Crippen LogP contribution in [0.15, 0.2) is 48.5 Å². The minimum Gasteiger partial charge on any atom is -0.456 e. The molecule has 0 bridgehead atoms. The molecule has 2 heterocycles. The van der Waals surface area contributed by atoms with Crippen molar-refractivity contribution in [2.45, 2.75) is 92.8 Å². The molecule has 6 aromatic rings. The summed E-state index contributed by atoms with van der Waals surface area (Å²) >= 11 is 25.1. The number of esters is 2. The third kappa shape index (κ3) is 10.4. The highest BCUT2D eigenvalue weighted by atomic mass is 35.5. The number of fused-ring (bicyclic) bond motifs is 2. The van der Waals surface area contributed by atoms with Crippen LogP contribution in [-0.4, -0.2) is 54.5 Å². The summed E-state index contributed by atoms with van der Waals surface area (Å²) in [4.78, 5) is 51.7. The van der Waals surface area contributed by atoms with Crippen LogP contribution in [-0.2, 0) is 21.8 Å². The quantitative estimate of drug-likeness (QED) is 0.126. The fourth-order valence-electron chi connectivity index (χ4n) is 6.43. The molecule has 340 valence electrons. The number of aryl methyl sites for hydroxylation is 4. The van der Waals surface area contributed by atoms with Gasteiger partial charge in [0.15, 0.2) is 0 Å². The third-order valence-electron chi connectivity index (χ3n) is 9.25. The van der Waals surface area contributed by atoms with E-state index in [1.165, 1.54) is 52.0 Å². The van der Waals surface area contributed by atoms with E-state index in [0.29, 0.717) is 0 Å². The second kappa shape index (κ2) is 17.7. The summed E-state index contributed by atoms with van der Waals surface area (Å²) in [5.74, 6) is -3.07. The molecule has 64 heavy (non-hydrogen) atoms. The smallest absolute Gasteiger partial charge is 0.416 e. The fraction of sp³-hybridized carbons (Fsp3) is 0.318. The minimum absolute atomic E-state index is 0.0426. The largest absolute Gasteiger partial charge is 0.456 e. The number of rotatable bonds is 4. The van der Waals surface area contributed by atoms with Crippen LogP contribution < -0.4 is 0 Å². The summed E-state index contributed by atoms with van der Waals surface area (Å²) in [5, 5.41) is 8.11. The highest BCUT2D eigenvalue weighted by Crippen LogP contribution is 2.38. The Balaban J connectivity index is 0.000000241. The summed E-state index contributed by atoms with van der Waals surface area (Å²) < 4.78 is 91.9. The first-order chi connectivity index (χ1) is 29.2. The first-order valence-corrected chi connectivity index (χ1v) is 20.4. The van der Waals surface area contributed by atoms with Crippen LogP contribution >= 0.6 is 46.4 Å². The van der Waals surface area contributed by atoms with E-state index in [-0.39, 0.29) is 86.7 Å². The molecular weight excluding hydrogens is 936 g/mol. The normalized spacial score (nSPS) is 12.3. The maximum atomic E-state index is 13.4. The maximum absolute atomic E-state index is 13.4. The van der Waals surface area contributed by atoms with Crippen LogP contribution in [0.25, 0.3) is 21.8 Å². The van der Waals surface area contributed by atoms with Crippen LogP contribution in [0.4, 0.5) is 26.3 Å². The summed E-state index contributed by atoms with van der Waals surface area (Å²) in [6.07, 6.45) is -9.10. The van der Waals surface area contributed by atoms with Crippen molar-refractivity contribution in [3.05, 3.63) is 125 Å². The number of carbonyl (C=O) groups excluding carboxylic acids is 4. The lowest BCUT2D eigenvalue weighted by molar-refractivity contribution is -0.138. The lowest BCUT2D eigenvalue weighted by Crippen LogP contribution is -2.25. The predicted octanol–water partition coefficient (Wildman–Crippen LogP) is 13.2. The van der Waals surface area contributed by atoms with Gasteiger partial charge < -0.3 is 9.47 Å². The molecule has 0 aliphatic rings. The molecule has 0 saturated carbocycles. The van der Waals surface area contributed by atoms with E-state index in [1.54, 1.807) is 41.5 Å². The van der Waals surface area contributed by atoms with Crippen molar-refractivity contribution in [3.8, 4) is 0 Å². The van der Waals surface area contributed by atoms with Gasteiger partial charge in [-0.2, -0.15) is 45.9 Å². The van der Waals surface area contributed by atoms with Crippen LogP contribution in [0.1, 0.15) is 117 Å². The second-order valence-corrected chi connectivity index (χ2v) is 18.1. The van der Waals surface area contributed by atoms with E-state index in [4.69, 9.17) is 55.9 Å². The highest BCUT2D eigenvalue weighted by Gasteiger charge is 2.35. The molecule has 2 aromatic heterocycles. The van der Waals surface area contributed by atoms with Crippen molar-refractivity contribution in [2.75, 3.05) is 0 Å². The Labute approximate surface area is 382 Å². The molecule has 0 amide bonds. The Morgan fingerprint density at radius 3 is 1.39 bits per heavy atom. The Hall–Kier alpha value is -5.16. The van der Waals surface area contributed by atoms with Crippen LogP contribution in [0.5, 0.6) is 0 Å². The summed E-state index contributed by atoms with van der Waals surface area (Å²) in [5.41, 5.74) is -2.58. The lowest BCUT2D eigenvalue weighted by Gasteiger charge is -2.20. The molecule has 6 rings (SSSR count). The van der Waals surface area contributed by atoms with E-state index in [0.717, 1.165) is 33.6 Å². The fourth-order valence-corrected chi connectivity index (χ4v) is 7.65. The Bertz CT molecular complexity index is 2890. The number of halogens is 10. The van der Waals surface area contributed by atoms with Gasteiger partial charge in [-0.25, -0.2) is 9.59 Å². The van der Waals surface area contributed by atoms with Crippen molar-refractivity contribution in [2.24, 2.45) is 0 Å². The zero-order valence-electron chi connectivity index (χ0n) is 35.6. The van der Waals surface area contributed by atoms with Crippen molar-refractivity contribution in [3.63, 3.8) is 0 Å². The van der Waals surface area contributed by atoms with Gasteiger partial charge >= 0.3 is 24.3 Å². The number of ether oxygens (including phenoxy) is 2. The van der Waals surface area contributed by atoms with Gasteiger partial charge in [0, 0.05) is 10.8 Å². The SMILES string of the molecule is Cc1cc(C(F)(F)F)cc2c(C)n(C(=O)c3c(Cl)ccc(C(=O)OC(C)(C)C)c3Cl)nc12.Cc1nn(C(=O)c2c(Cl)ccc(C(=O)OC(C)(C)C)c2Cl)c2c(C)cc(C(F)(F)F)cc12. The molecule has 0 aliphatic carbocycles. The average molecular weight is 975 g/mol. The van der Waals surface area contributed by atoms with Crippen molar-refractivity contribution in [1.29, 1.82) is 0 Å². The summed E-state index contributed by atoms with van der Waals surface area (Å²) in [7, 11) is 0. The number of alkyl halides is 6. The third-order valence-corrected chi connectivity index (χ3v) is 10.7. The van der Waals surface area contributed by atoms with Crippen LogP contribution in [0.2, 0.25) is 20.1 Å². The molecule has 0 radical (unpaired) electrons. The molecule has 0 aliphatic heterocycles. The Morgan fingerprint density at radius 2 is 0.969 bits per heavy atom. The van der Waals surface area contributed by atoms with Gasteiger partial charge in [-0.15, -0.1) is 0 Å². The van der Waals surface area contributed by atoms with E-state index in [9.17, 15) is 45.5 Å². The molecule has 10 nitrogen and oxygen atoms in total. The summed E-state index contributed by atoms with van der Waals surface area (Å²) in [6, 6.07) is 9.10. The molecule has 0 unspecified atom stereocenters. The van der Waals surface area contributed by atoms with E-state index in [2.05, 4.69) is 10.2 Å². The number of benzene rings is 4. The van der Waals surface area contributed by atoms with Crippen molar-refractivity contribution in [1.82, 2.24) is 19.6 Å². The monoisotopic (exact) mass is 972 g/mol. The topological polar surface area (TPSA) is 122 Å². The molecule has 4 aromatic carbocycles. The first kappa shape index (κ1) is 49.8. The average Bonchev–Trinajstić information content (AvgIpc) is 3.66. The van der Waals surface area contributed by atoms with Gasteiger partial charge in [-0.3, -0.25) is 9.59 Å². The molecule has 0 atom stereocenters. The Kier molecular flexibility index (Phi) is 13.8.